The maximum Gasteiger partial charge on any atom is 0.312 e. The van der Waals surface area contributed by atoms with E-state index in [4.69, 9.17) is 4.18 Å². The fourth-order valence-electron chi connectivity index (χ4n) is 2.38. The predicted octanol–water partition coefficient (Wildman–Crippen LogP) is 3.24. The van der Waals surface area contributed by atoms with Gasteiger partial charge in [0.2, 0.25) is 0 Å². The van der Waals surface area contributed by atoms with Gasteiger partial charge < -0.3 is 4.18 Å². The van der Waals surface area contributed by atoms with E-state index in [1.54, 1.807) is 12.1 Å². The van der Waals surface area contributed by atoms with E-state index in [1.807, 2.05) is 12.1 Å². The van der Waals surface area contributed by atoms with E-state index < -0.39 is 10.1 Å². The lowest BCUT2D eigenvalue weighted by molar-refractivity contribution is 0.489. The van der Waals surface area contributed by atoms with Gasteiger partial charge in [0, 0.05) is 0 Å². The highest BCUT2D eigenvalue weighted by Gasteiger charge is 2.17. The van der Waals surface area contributed by atoms with E-state index >= 15 is 0 Å². The van der Waals surface area contributed by atoms with Crippen LogP contribution in [0.4, 0.5) is 0 Å². The van der Waals surface area contributed by atoms with Gasteiger partial charge in [-0.05, 0) is 36.5 Å². The fraction of sp³-hybridized carbons (Fsp3) is 0.429. The molecule has 0 atom stereocenters. The van der Waals surface area contributed by atoms with Crippen molar-refractivity contribution >= 4 is 10.1 Å². The maximum absolute atomic E-state index is 11.4. The third-order valence-corrected chi connectivity index (χ3v) is 4.34. The molecule has 4 heteroatoms. The average Bonchev–Trinajstić information content (AvgIpc) is 2.82. The molecule has 1 fully saturated rings. The molecule has 0 unspecified atom stereocenters. The maximum atomic E-state index is 11.4. The van der Waals surface area contributed by atoms with Crippen molar-refractivity contribution in [3.05, 3.63) is 42.5 Å². The van der Waals surface area contributed by atoms with Crippen LogP contribution in [0.25, 0.3) is 0 Å². The minimum atomic E-state index is -3.53. The second kappa shape index (κ2) is 5.57. The van der Waals surface area contributed by atoms with E-state index in [2.05, 4.69) is 6.58 Å². The molecule has 2 rings (SSSR count). The standard InChI is InChI=1S/C14H18O3S/c1-2-11-18(15,16)17-14-9-7-13(8-10-14)12-5-3-4-6-12/h2,7-10,12H,1,3-6,11H2. The summed E-state index contributed by atoms with van der Waals surface area (Å²) >= 11 is 0. The van der Waals surface area contributed by atoms with Gasteiger partial charge in [-0.2, -0.15) is 8.42 Å². The monoisotopic (exact) mass is 266 g/mol. The Bertz CT molecular complexity index is 496. The summed E-state index contributed by atoms with van der Waals surface area (Å²) in [4.78, 5) is 0. The van der Waals surface area contributed by atoms with Crippen molar-refractivity contribution in [2.45, 2.75) is 31.6 Å². The Kier molecular flexibility index (Phi) is 4.07. The summed E-state index contributed by atoms with van der Waals surface area (Å²) < 4.78 is 27.9. The summed E-state index contributed by atoms with van der Waals surface area (Å²) in [5.41, 5.74) is 1.28. The van der Waals surface area contributed by atoms with E-state index in [-0.39, 0.29) is 5.75 Å². The highest BCUT2D eigenvalue weighted by atomic mass is 32.2. The van der Waals surface area contributed by atoms with Crippen LogP contribution in [0, 0.1) is 0 Å². The van der Waals surface area contributed by atoms with Crippen LogP contribution in [-0.2, 0) is 10.1 Å². The first-order valence-electron chi connectivity index (χ1n) is 6.24. The quantitative estimate of drug-likeness (QED) is 0.607. The van der Waals surface area contributed by atoms with E-state index in [1.165, 1.54) is 37.3 Å². The van der Waals surface area contributed by atoms with Crippen LogP contribution in [-0.4, -0.2) is 14.2 Å². The zero-order valence-electron chi connectivity index (χ0n) is 10.3. The van der Waals surface area contributed by atoms with Crippen LogP contribution in [0.2, 0.25) is 0 Å². The van der Waals surface area contributed by atoms with E-state index in [0.29, 0.717) is 11.7 Å². The van der Waals surface area contributed by atoms with Gasteiger partial charge >= 0.3 is 10.1 Å². The van der Waals surface area contributed by atoms with Gasteiger partial charge in [-0.15, -0.1) is 6.58 Å². The van der Waals surface area contributed by atoms with Gasteiger partial charge in [-0.25, -0.2) is 0 Å². The lowest BCUT2D eigenvalue weighted by Crippen LogP contribution is -2.12. The van der Waals surface area contributed by atoms with Crippen LogP contribution < -0.4 is 4.18 Å². The molecule has 0 N–H and O–H groups in total. The second-order valence-electron chi connectivity index (χ2n) is 4.65. The SMILES string of the molecule is C=CCS(=O)(=O)Oc1ccc(C2CCCC2)cc1. The molecule has 1 aliphatic carbocycles. The van der Waals surface area contributed by atoms with Crippen LogP contribution in [0.5, 0.6) is 5.75 Å². The van der Waals surface area contributed by atoms with Crippen molar-refractivity contribution in [1.82, 2.24) is 0 Å². The van der Waals surface area contributed by atoms with Crippen LogP contribution in [0.3, 0.4) is 0 Å². The molecule has 1 aromatic carbocycles. The molecule has 1 aliphatic rings. The number of rotatable bonds is 5. The third kappa shape index (κ3) is 3.35. The van der Waals surface area contributed by atoms with Crippen LogP contribution >= 0.6 is 0 Å². The highest BCUT2D eigenvalue weighted by molar-refractivity contribution is 7.87. The van der Waals surface area contributed by atoms with Crippen LogP contribution in [0.1, 0.15) is 37.2 Å². The van der Waals surface area contributed by atoms with Crippen molar-refractivity contribution < 1.29 is 12.6 Å². The summed E-state index contributed by atoms with van der Waals surface area (Å²) in [6.07, 6.45) is 6.36. The third-order valence-electron chi connectivity index (χ3n) is 3.25. The zero-order chi connectivity index (χ0) is 13.0. The van der Waals surface area contributed by atoms with Gasteiger partial charge in [-0.3, -0.25) is 0 Å². The lowest BCUT2D eigenvalue weighted by atomic mass is 9.98. The largest absolute Gasteiger partial charge is 0.382 e. The number of benzene rings is 1. The molecule has 0 heterocycles. The normalized spacial score (nSPS) is 16.7. The molecule has 0 amide bonds. The zero-order valence-corrected chi connectivity index (χ0v) is 11.2. The van der Waals surface area contributed by atoms with E-state index in [0.717, 1.165) is 0 Å². The van der Waals surface area contributed by atoms with Crippen molar-refractivity contribution in [1.29, 1.82) is 0 Å². The average molecular weight is 266 g/mol. The van der Waals surface area contributed by atoms with Gasteiger partial charge in [0.25, 0.3) is 0 Å². The highest BCUT2D eigenvalue weighted by Crippen LogP contribution is 2.34. The molecule has 0 radical (unpaired) electrons. The topological polar surface area (TPSA) is 43.4 Å². The Labute approximate surface area is 109 Å². The van der Waals surface area contributed by atoms with Crippen molar-refractivity contribution in [2.24, 2.45) is 0 Å². The summed E-state index contributed by atoms with van der Waals surface area (Å²) in [6.45, 7) is 3.39. The molecular weight excluding hydrogens is 248 g/mol. The Morgan fingerprint density at radius 2 is 1.83 bits per heavy atom. The molecule has 0 saturated heterocycles. The molecule has 0 spiro atoms. The molecule has 0 aromatic heterocycles. The minimum Gasteiger partial charge on any atom is -0.382 e. The predicted molar refractivity (Wildman–Crippen MR) is 72.3 cm³/mol. The first kappa shape index (κ1) is 13.1. The summed E-state index contributed by atoms with van der Waals surface area (Å²) in [5.74, 6) is 0.833. The molecule has 18 heavy (non-hydrogen) atoms. The van der Waals surface area contributed by atoms with Gasteiger partial charge in [0.05, 0.1) is 0 Å². The smallest absolute Gasteiger partial charge is 0.312 e. The first-order valence-corrected chi connectivity index (χ1v) is 7.81. The molecule has 0 aliphatic heterocycles. The molecule has 3 nitrogen and oxygen atoms in total. The molecule has 1 saturated carbocycles. The fourth-order valence-corrected chi connectivity index (χ4v) is 3.14. The minimum absolute atomic E-state index is 0.169. The Morgan fingerprint density at radius 3 is 2.39 bits per heavy atom. The van der Waals surface area contributed by atoms with Crippen LogP contribution in [0.15, 0.2) is 36.9 Å². The van der Waals surface area contributed by atoms with Crippen molar-refractivity contribution in [3.63, 3.8) is 0 Å². The van der Waals surface area contributed by atoms with Gasteiger partial charge in [-0.1, -0.05) is 31.1 Å². The van der Waals surface area contributed by atoms with Gasteiger partial charge in [0.15, 0.2) is 0 Å². The van der Waals surface area contributed by atoms with Gasteiger partial charge in [0.1, 0.15) is 11.5 Å². The second-order valence-corrected chi connectivity index (χ2v) is 6.26. The Balaban J connectivity index is 2.05. The molecule has 0 bridgehead atoms. The molecular formula is C14H18O3S. The summed E-state index contributed by atoms with van der Waals surface area (Å²) in [7, 11) is -3.53. The molecule has 98 valence electrons. The first-order chi connectivity index (χ1) is 8.61. The number of hydrogen-bond donors (Lipinski definition) is 0. The Hall–Kier alpha value is -1.29. The summed E-state index contributed by atoms with van der Waals surface area (Å²) in [5, 5.41) is 0. The summed E-state index contributed by atoms with van der Waals surface area (Å²) in [6, 6.07) is 7.39. The lowest BCUT2D eigenvalue weighted by Gasteiger charge is -2.10. The van der Waals surface area contributed by atoms with Crippen molar-refractivity contribution in [2.75, 3.05) is 5.75 Å². The number of hydrogen-bond acceptors (Lipinski definition) is 3. The van der Waals surface area contributed by atoms with Crippen molar-refractivity contribution in [3.8, 4) is 5.75 Å². The molecule has 1 aromatic rings. The van der Waals surface area contributed by atoms with E-state index in [9.17, 15) is 8.42 Å². The Morgan fingerprint density at radius 1 is 1.22 bits per heavy atom.